The Morgan fingerprint density at radius 3 is 2.21 bits per heavy atom. The molecular formula is C23H31N3O2. The number of carbonyl (C=O) groups is 2. The second-order valence-electron chi connectivity index (χ2n) is 7.74. The van der Waals surface area contributed by atoms with Crippen molar-refractivity contribution in [1.82, 2.24) is 14.8 Å². The fourth-order valence-corrected chi connectivity index (χ4v) is 3.81. The van der Waals surface area contributed by atoms with Gasteiger partial charge in [-0.15, -0.1) is 0 Å². The first-order chi connectivity index (χ1) is 13.5. The number of nitrogens with zero attached hydrogens (tertiary/aromatic N) is 2. The lowest BCUT2D eigenvalue weighted by Gasteiger charge is -2.34. The quantitative estimate of drug-likeness (QED) is 0.750. The summed E-state index contributed by atoms with van der Waals surface area (Å²) in [7, 11) is 0. The van der Waals surface area contributed by atoms with Crippen molar-refractivity contribution in [1.29, 1.82) is 0 Å². The highest BCUT2D eigenvalue weighted by Crippen LogP contribution is 2.13. The normalized spacial score (nSPS) is 15.0. The van der Waals surface area contributed by atoms with Crippen LogP contribution < -0.4 is 0 Å². The third-order valence-electron chi connectivity index (χ3n) is 5.60. The number of amides is 1. The molecule has 0 radical (unpaired) electrons. The van der Waals surface area contributed by atoms with Gasteiger partial charge >= 0.3 is 0 Å². The number of benzene rings is 1. The van der Waals surface area contributed by atoms with Gasteiger partial charge in [0, 0.05) is 49.6 Å². The summed E-state index contributed by atoms with van der Waals surface area (Å²) in [4.78, 5) is 32.3. The summed E-state index contributed by atoms with van der Waals surface area (Å²) < 4.78 is 0. The maximum absolute atomic E-state index is 12.5. The predicted molar refractivity (Wildman–Crippen MR) is 112 cm³/mol. The van der Waals surface area contributed by atoms with Gasteiger partial charge in [0.2, 0.25) is 5.91 Å². The number of carbonyl (C=O) groups excluding carboxylic acids is 2. The molecule has 150 valence electrons. The van der Waals surface area contributed by atoms with Crippen LogP contribution in [0.2, 0.25) is 0 Å². The van der Waals surface area contributed by atoms with Crippen LogP contribution in [0.15, 0.2) is 30.3 Å². The summed E-state index contributed by atoms with van der Waals surface area (Å²) in [6.45, 7) is 9.38. The van der Waals surface area contributed by atoms with Gasteiger partial charge in [0.15, 0.2) is 5.78 Å². The number of H-pyrrole nitrogens is 1. The molecule has 5 heteroatoms. The summed E-state index contributed by atoms with van der Waals surface area (Å²) in [6, 6.07) is 10.5. The molecule has 0 atom stereocenters. The number of aryl methyl sites for hydroxylation is 4. The molecule has 1 aromatic carbocycles. The zero-order chi connectivity index (χ0) is 20.1. The second kappa shape index (κ2) is 9.20. The Bertz CT molecular complexity index is 815. The van der Waals surface area contributed by atoms with Gasteiger partial charge in [0.25, 0.3) is 0 Å². The molecule has 3 rings (SSSR count). The second-order valence-corrected chi connectivity index (χ2v) is 7.74. The largest absolute Gasteiger partial charge is 0.362 e. The lowest BCUT2D eigenvalue weighted by molar-refractivity contribution is -0.132. The Balaban J connectivity index is 1.43. The van der Waals surface area contributed by atoms with Crippen molar-refractivity contribution in [3.63, 3.8) is 0 Å². The van der Waals surface area contributed by atoms with Gasteiger partial charge in [-0.1, -0.05) is 31.2 Å². The Morgan fingerprint density at radius 2 is 1.64 bits per heavy atom. The minimum absolute atomic E-state index is 0.150. The standard InChI is InChI=1S/C23H31N3O2/c1-4-19-5-7-20(8-6-19)9-10-23(28)26-13-11-25(12-14-26)16-22(27)21-15-17(2)24-18(21)3/h5-8,15,24H,4,9-14,16H2,1-3H3. The number of rotatable bonds is 7. The molecule has 5 nitrogen and oxygen atoms in total. The molecule has 0 aliphatic carbocycles. The van der Waals surface area contributed by atoms with E-state index < -0.39 is 0 Å². The van der Waals surface area contributed by atoms with Gasteiger partial charge in [-0.05, 0) is 43.9 Å². The van der Waals surface area contributed by atoms with E-state index in [1.165, 1.54) is 11.1 Å². The summed E-state index contributed by atoms with van der Waals surface area (Å²) in [6.07, 6.45) is 2.37. The third-order valence-corrected chi connectivity index (χ3v) is 5.60. The average Bonchev–Trinajstić information content (AvgIpc) is 3.05. The molecule has 0 spiro atoms. The highest BCUT2D eigenvalue weighted by molar-refractivity contribution is 5.98. The van der Waals surface area contributed by atoms with Crippen molar-refractivity contribution in [2.24, 2.45) is 0 Å². The molecule has 2 heterocycles. The van der Waals surface area contributed by atoms with Crippen LogP contribution >= 0.6 is 0 Å². The van der Waals surface area contributed by atoms with Crippen molar-refractivity contribution in [3.8, 4) is 0 Å². The van der Waals surface area contributed by atoms with Gasteiger partial charge in [0.05, 0.1) is 6.54 Å². The lowest BCUT2D eigenvalue weighted by Crippen LogP contribution is -2.50. The van der Waals surface area contributed by atoms with Crippen LogP contribution in [0.5, 0.6) is 0 Å². The van der Waals surface area contributed by atoms with Gasteiger partial charge in [-0.2, -0.15) is 0 Å². The van der Waals surface area contributed by atoms with Gasteiger partial charge < -0.3 is 9.88 Å². The minimum atomic E-state index is 0.150. The van der Waals surface area contributed by atoms with Crippen LogP contribution in [0.3, 0.4) is 0 Å². The minimum Gasteiger partial charge on any atom is -0.362 e. The van der Waals surface area contributed by atoms with E-state index in [1.807, 2.05) is 24.8 Å². The van der Waals surface area contributed by atoms with E-state index in [4.69, 9.17) is 0 Å². The lowest BCUT2D eigenvalue weighted by atomic mass is 10.1. The van der Waals surface area contributed by atoms with Crippen molar-refractivity contribution >= 4 is 11.7 Å². The number of aromatic nitrogens is 1. The first kappa shape index (κ1) is 20.3. The van der Waals surface area contributed by atoms with Crippen LogP contribution in [0.4, 0.5) is 0 Å². The molecule has 1 amide bonds. The Labute approximate surface area is 167 Å². The molecule has 0 saturated carbocycles. The Hall–Kier alpha value is -2.40. The van der Waals surface area contributed by atoms with Gasteiger partial charge in [-0.3, -0.25) is 14.5 Å². The molecule has 1 N–H and O–H groups in total. The maximum Gasteiger partial charge on any atom is 0.222 e. The molecule has 2 aromatic rings. The van der Waals surface area contributed by atoms with Gasteiger partial charge in [-0.25, -0.2) is 0 Å². The molecule has 28 heavy (non-hydrogen) atoms. The van der Waals surface area contributed by atoms with Crippen LogP contribution in [0.25, 0.3) is 0 Å². The van der Waals surface area contributed by atoms with Gasteiger partial charge in [0.1, 0.15) is 0 Å². The van der Waals surface area contributed by atoms with E-state index in [1.54, 1.807) is 0 Å². The topological polar surface area (TPSA) is 56.4 Å². The number of ketones is 1. The number of nitrogens with one attached hydrogen (secondary N) is 1. The van der Waals surface area contributed by atoms with Crippen molar-refractivity contribution in [3.05, 3.63) is 58.4 Å². The molecule has 1 aliphatic heterocycles. The summed E-state index contributed by atoms with van der Waals surface area (Å²) in [5, 5.41) is 0. The summed E-state index contributed by atoms with van der Waals surface area (Å²) in [5.41, 5.74) is 5.27. The molecule has 1 saturated heterocycles. The Kier molecular flexibility index (Phi) is 6.68. The SMILES string of the molecule is CCc1ccc(CCC(=O)N2CCN(CC(=O)c3cc(C)[nH]c3C)CC2)cc1. The molecule has 1 fully saturated rings. The smallest absolute Gasteiger partial charge is 0.222 e. The first-order valence-electron chi connectivity index (χ1n) is 10.2. The molecule has 0 unspecified atom stereocenters. The number of hydrogen-bond acceptors (Lipinski definition) is 3. The van der Waals surface area contributed by atoms with Crippen LogP contribution in [0.1, 0.15) is 46.2 Å². The van der Waals surface area contributed by atoms with E-state index in [9.17, 15) is 9.59 Å². The highest BCUT2D eigenvalue weighted by atomic mass is 16.2. The predicted octanol–water partition coefficient (Wildman–Crippen LogP) is 3.15. The van der Waals surface area contributed by atoms with Crippen molar-refractivity contribution in [2.75, 3.05) is 32.7 Å². The van der Waals surface area contributed by atoms with Crippen LogP contribution in [0, 0.1) is 13.8 Å². The van der Waals surface area contributed by atoms with E-state index in [0.717, 1.165) is 42.9 Å². The third kappa shape index (κ3) is 5.10. The summed E-state index contributed by atoms with van der Waals surface area (Å²) in [5.74, 6) is 0.361. The number of hydrogen-bond donors (Lipinski definition) is 1. The number of Topliss-reactive ketones (excluding diaryl/α,β-unsaturated/α-hetero) is 1. The highest BCUT2D eigenvalue weighted by Gasteiger charge is 2.23. The van der Waals surface area contributed by atoms with Crippen molar-refractivity contribution in [2.45, 2.75) is 40.0 Å². The fraction of sp³-hybridized carbons (Fsp3) is 0.478. The maximum atomic E-state index is 12.5. The zero-order valence-corrected chi connectivity index (χ0v) is 17.3. The van der Waals surface area contributed by atoms with Crippen molar-refractivity contribution < 1.29 is 9.59 Å². The zero-order valence-electron chi connectivity index (χ0n) is 17.3. The number of piperazine rings is 1. The van der Waals surface area contributed by atoms with Crippen LogP contribution in [-0.4, -0.2) is 59.2 Å². The van der Waals surface area contributed by atoms with E-state index in [0.29, 0.717) is 26.1 Å². The van der Waals surface area contributed by atoms with E-state index in [2.05, 4.69) is 41.1 Å². The molecular weight excluding hydrogens is 350 g/mol. The van der Waals surface area contributed by atoms with E-state index >= 15 is 0 Å². The van der Waals surface area contributed by atoms with E-state index in [-0.39, 0.29) is 11.7 Å². The average molecular weight is 382 g/mol. The monoisotopic (exact) mass is 381 g/mol. The molecule has 1 aromatic heterocycles. The summed E-state index contributed by atoms with van der Waals surface area (Å²) >= 11 is 0. The van der Waals surface area contributed by atoms with Crippen LogP contribution in [-0.2, 0) is 17.6 Å². The Morgan fingerprint density at radius 1 is 1.00 bits per heavy atom. The first-order valence-corrected chi connectivity index (χ1v) is 10.2. The number of aromatic amines is 1. The fourth-order valence-electron chi connectivity index (χ4n) is 3.81. The molecule has 1 aliphatic rings. The molecule has 0 bridgehead atoms.